The van der Waals surface area contributed by atoms with Gasteiger partial charge in [-0.05, 0) is 24.6 Å². The van der Waals surface area contributed by atoms with Gasteiger partial charge in [0.05, 0.1) is 11.5 Å². The normalized spacial score (nSPS) is 18.7. The number of fused-ring (bicyclic) bond motifs is 1. The van der Waals surface area contributed by atoms with Crippen molar-refractivity contribution in [3.05, 3.63) is 23.8 Å². The molecule has 0 amide bonds. The lowest BCUT2D eigenvalue weighted by atomic mass is 10.0. The third kappa shape index (κ3) is 2.97. The van der Waals surface area contributed by atoms with Gasteiger partial charge >= 0.3 is 0 Å². The molecule has 6 heteroatoms. The Kier molecular flexibility index (Phi) is 4.67. The second-order valence-electron chi connectivity index (χ2n) is 5.12. The molecule has 5 nitrogen and oxygen atoms in total. The van der Waals surface area contributed by atoms with Crippen LogP contribution >= 0.6 is 0 Å². The van der Waals surface area contributed by atoms with Crippen molar-refractivity contribution in [1.82, 2.24) is 4.31 Å². The van der Waals surface area contributed by atoms with E-state index in [0.717, 1.165) is 18.4 Å². The summed E-state index contributed by atoms with van der Waals surface area (Å²) >= 11 is 0. The molecule has 1 atom stereocenters. The molecule has 0 fully saturated rings. The largest absolute Gasteiger partial charge is 0.493 e. The van der Waals surface area contributed by atoms with Crippen LogP contribution in [0.3, 0.4) is 0 Å². The monoisotopic (exact) mass is 298 g/mol. The molecule has 0 aromatic heterocycles. The van der Waals surface area contributed by atoms with Gasteiger partial charge in [-0.2, -0.15) is 0 Å². The molecule has 2 N–H and O–H groups in total. The Morgan fingerprint density at radius 2 is 2.20 bits per heavy atom. The van der Waals surface area contributed by atoms with Gasteiger partial charge < -0.3 is 10.5 Å². The van der Waals surface area contributed by atoms with Crippen LogP contribution in [0.5, 0.6) is 5.75 Å². The summed E-state index contributed by atoms with van der Waals surface area (Å²) in [7, 11) is -1.83. The van der Waals surface area contributed by atoms with Gasteiger partial charge in [-0.25, -0.2) is 12.7 Å². The molecular weight excluding hydrogens is 276 g/mol. The van der Waals surface area contributed by atoms with Gasteiger partial charge in [0.2, 0.25) is 10.0 Å². The lowest BCUT2D eigenvalue weighted by Crippen LogP contribution is -2.28. The third-order valence-electron chi connectivity index (χ3n) is 3.60. The van der Waals surface area contributed by atoms with Gasteiger partial charge in [0.15, 0.2) is 0 Å². The number of ether oxygens (including phenoxy) is 1. The van der Waals surface area contributed by atoms with Crippen molar-refractivity contribution in [2.75, 3.05) is 20.2 Å². The molecule has 1 aliphatic heterocycles. The maximum Gasteiger partial charge on any atom is 0.242 e. The SMILES string of the molecule is CCCCN(C)S(=O)(=O)c1ccc2c(c1)C(N)CCO2. The van der Waals surface area contributed by atoms with Crippen LogP contribution in [0, 0.1) is 0 Å². The van der Waals surface area contributed by atoms with E-state index in [1.165, 1.54) is 4.31 Å². The number of sulfonamides is 1. The minimum absolute atomic E-state index is 0.158. The number of hydrogen-bond acceptors (Lipinski definition) is 4. The fourth-order valence-corrected chi connectivity index (χ4v) is 3.49. The summed E-state index contributed by atoms with van der Waals surface area (Å²) in [5.74, 6) is 0.693. The minimum Gasteiger partial charge on any atom is -0.493 e. The standard InChI is InChI=1S/C14H22N2O3S/c1-3-4-8-16(2)20(17,18)11-5-6-14-12(10-11)13(15)7-9-19-14/h5-6,10,13H,3-4,7-9,15H2,1-2H3. The molecule has 1 unspecified atom stereocenters. The summed E-state index contributed by atoms with van der Waals surface area (Å²) in [6, 6.07) is 4.79. The zero-order valence-corrected chi connectivity index (χ0v) is 12.8. The number of hydrogen-bond donors (Lipinski definition) is 1. The average Bonchev–Trinajstić information content (AvgIpc) is 2.44. The average molecular weight is 298 g/mol. The summed E-state index contributed by atoms with van der Waals surface area (Å²) < 4.78 is 31.8. The van der Waals surface area contributed by atoms with E-state index < -0.39 is 10.0 Å². The topological polar surface area (TPSA) is 72.6 Å². The second kappa shape index (κ2) is 6.11. The van der Waals surface area contributed by atoms with E-state index >= 15 is 0 Å². The Hall–Kier alpha value is -1.11. The fraction of sp³-hybridized carbons (Fsp3) is 0.571. The molecule has 1 aliphatic rings. The molecule has 1 heterocycles. The summed E-state index contributed by atoms with van der Waals surface area (Å²) in [5.41, 5.74) is 6.81. The maximum atomic E-state index is 12.5. The van der Waals surface area contributed by atoms with Gasteiger partial charge in [0.1, 0.15) is 5.75 Å². The van der Waals surface area contributed by atoms with Crippen molar-refractivity contribution in [1.29, 1.82) is 0 Å². The van der Waals surface area contributed by atoms with Gasteiger partial charge in [0, 0.05) is 31.6 Å². The highest BCUT2D eigenvalue weighted by molar-refractivity contribution is 7.89. The van der Waals surface area contributed by atoms with Crippen LogP contribution in [0.15, 0.2) is 23.1 Å². The number of nitrogens with zero attached hydrogens (tertiary/aromatic N) is 1. The first-order chi connectivity index (χ1) is 9.46. The van der Waals surface area contributed by atoms with E-state index in [1.807, 2.05) is 6.92 Å². The first-order valence-electron chi connectivity index (χ1n) is 6.95. The molecule has 2 rings (SSSR count). The van der Waals surface area contributed by atoms with Crippen molar-refractivity contribution >= 4 is 10.0 Å². The zero-order valence-electron chi connectivity index (χ0n) is 12.0. The van der Waals surface area contributed by atoms with Crippen molar-refractivity contribution in [3.63, 3.8) is 0 Å². The fourth-order valence-electron chi connectivity index (χ4n) is 2.24. The minimum atomic E-state index is -3.45. The predicted molar refractivity (Wildman–Crippen MR) is 78.2 cm³/mol. The van der Waals surface area contributed by atoms with Crippen LogP contribution < -0.4 is 10.5 Å². The van der Waals surface area contributed by atoms with E-state index in [-0.39, 0.29) is 10.9 Å². The molecule has 0 saturated heterocycles. The Balaban J connectivity index is 2.31. The van der Waals surface area contributed by atoms with Crippen molar-refractivity contribution in [3.8, 4) is 5.75 Å². The zero-order chi connectivity index (χ0) is 14.8. The maximum absolute atomic E-state index is 12.5. The Morgan fingerprint density at radius 1 is 1.45 bits per heavy atom. The van der Waals surface area contributed by atoms with Gasteiger partial charge in [-0.1, -0.05) is 13.3 Å². The number of unbranched alkanes of at least 4 members (excludes halogenated alkanes) is 1. The molecule has 0 spiro atoms. The molecule has 0 bridgehead atoms. The second-order valence-corrected chi connectivity index (χ2v) is 7.17. The quantitative estimate of drug-likeness (QED) is 0.901. The first-order valence-corrected chi connectivity index (χ1v) is 8.39. The molecular formula is C14H22N2O3S. The first kappa shape index (κ1) is 15.3. The lowest BCUT2D eigenvalue weighted by molar-refractivity contribution is 0.268. The molecule has 20 heavy (non-hydrogen) atoms. The van der Waals surface area contributed by atoms with Gasteiger partial charge in [0.25, 0.3) is 0 Å². The summed E-state index contributed by atoms with van der Waals surface area (Å²) in [6.07, 6.45) is 2.52. The summed E-state index contributed by atoms with van der Waals surface area (Å²) in [5, 5.41) is 0. The van der Waals surface area contributed by atoms with Crippen molar-refractivity contribution in [2.24, 2.45) is 5.73 Å². The third-order valence-corrected chi connectivity index (χ3v) is 5.45. The number of rotatable bonds is 5. The molecule has 0 radical (unpaired) electrons. The summed E-state index contributed by atoms with van der Waals surface area (Å²) in [4.78, 5) is 0.288. The van der Waals surface area contributed by atoms with Crippen molar-refractivity contribution < 1.29 is 13.2 Å². The van der Waals surface area contributed by atoms with Crippen LogP contribution in [-0.4, -0.2) is 32.9 Å². The number of benzene rings is 1. The molecule has 112 valence electrons. The Bertz CT molecular complexity index is 572. The molecule has 1 aromatic carbocycles. The van der Waals surface area contributed by atoms with E-state index in [9.17, 15) is 8.42 Å². The van der Waals surface area contributed by atoms with Crippen LogP contribution in [0.4, 0.5) is 0 Å². The van der Waals surface area contributed by atoms with E-state index in [4.69, 9.17) is 10.5 Å². The Morgan fingerprint density at radius 3 is 2.90 bits per heavy atom. The lowest BCUT2D eigenvalue weighted by Gasteiger charge is -2.24. The molecule has 0 aliphatic carbocycles. The Labute approximate surface area is 120 Å². The highest BCUT2D eigenvalue weighted by atomic mass is 32.2. The molecule has 1 aromatic rings. The smallest absolute Gasteiger partial charge is 0.242 e. The van der Waals surface area contributed by atoms with Crippen LogP contribution in [-0.2, 0) is 10.0 Å². The highest BCUT2D eigenvalue weighted by Gasteiger charge is 2.24. The summed E-state index contributed by atoms with van der Waals surface area (Å²) in [6.45, 7) is 3.14. The van der Waals surface area contributed by atoms with Crippen LogP contribution in [0.2, 0.25) is 0 Å². The predicted octanol–water partition coefficient (Wildman–Crippen LogP) is 1.89. The van der Waals surface area contributed by atoms with Crippen LogP contribution in [0.25, 0.3) is 0 Å². The van der Waals surface area contributed by atoms with Crippen LogP contribution in [0.1, 0.15) is 37.8 Å². The molecule has 0 saturated carbocycles. The van der Waals surface area contributed by atoms with Crippen molar-refractivity contribution in [2.45, 2.75) is 37.1 Å². The van der Waals surface area contributed by atoms with E-state index in [0.29, 0.717) is 25.3 Å². The van der Waals surface area contributed by atoms with E-state index in [2.05, 4.69) is 0 Å². The number of nitrogens with two attached hydrogens (primary N) is 1. The highest BCUT2D eigenvalue weighted by Crippen LogP contribution is 2.32. The van der Waals surface area contributed by atoms with Gasteiger partial charge in [-0.15, -0.1) is 0 Å². The van der Waals surface area contributed by atoms with Gasteiger partial charge in [-0.3, -0.25) is 0 Å². The van der Waals surface area contributed by atoms with E-state index in [1.54, 1.807) is 25.2 Å².